The SMILES string of the molecule is CCc1ccc2c(c1)CNC(c1ccccc1)C2C. The molecule has 2 aromatic rings. The van der Waals surface area contributed by atoms with E-state index in [2.05, 4.69) is 67.7 Å². The molecule has 0 saturated carbocycles. The average Bonchev–Trinajstić information content (AvgIpc) is 2.48. The van der Waals surface area contributed by atoms with Crippen molar-refractivity contribution in [3.8, 4) is 0 Å². The van der Waals surface area contributed by atoms with E-state index in [4.69, 9.17) is 0 Å². The van der Waals surface area contributed by atoms with Crippen LogP contribution >= 0.6 is 0 Å². The van der Waals surface area contributed by atoms with E-state index in [9.17, 15) is 0 Å². The smallest absolute Gasteiger partial charge is 0.0389 e. The molecule has 1 aliphatic heterocycles. The second-order valence-electron chi connectivity index (χ2n) is 5.44. The van der Waals surface area contributed by atoms with Gasteiger partial charge in [-0.25, -0.2) is 0 Å². The Morgan fingerprint density at radius 1 is 1.11 bits per heavy atom. The van der Waals surface area contributed by atoms with Gasteiger partial charge in [0.25, 0.3) is 0 Å². The van der Waals surface area contributed by atoms with Gasteiger partial charge < -0.3 is 5.32 Å². The minimum absolute atomic E-state index is 0.432. The Morgan fingerprint density at radius 3 is 2.63 bits per heavy atom. The van der Waals surface area contributed by atoms with E-state index in [1.807, 2.05) is 0 Å². The highest BCUT2D eigenvalue weighted by molar-refractivity contribution is 5.39. The molecular formula is C18H21N. The van der Waals surface area contributed by atoms with Gasteiger partial charge in [-0.15, -0.1) is 0 Å². The topological polar surface area (TPSA) is 12.0 Å². The van der Waals surface area contributed by atoms with Crippen LogP contribution < -0.4 is 5.32 Å². The molecule has 1 heteroatoms. The van der Waals surface area contributed by atoms with E-state index in [1.165, 1.54) is 22.3 Å². The lowest BCUT2D eigenvalue weighted by Gasteiger charge is -2.33. The molecule has 0 radical (unpaired) electrons. The molecule has 98 valence electrons. The molecule has 2 atom stereocenters. The van der Waals surface area contributed by atoms with Crippen LogP contribution in [0.15, 0.2) is 48.5 Å². The van der Waals surface area contributed by atoms with Crippen LogP contribution in [0.1, 0.15) is 48.1 Å². The maximum atomic E-state index is 3.69. The Hall–Kier alpha value is -1.60. The lowest BCUT2D eigenvalue weighted by Crippen LogP contribution is -2.31. The van der Waals surface area contributed by atoms with Crippen LogP contribution in [-0.4, -0.2) is 0 Å². The van der Waals surface area contributed by atoms with Gasteiger partial charge in [-0.05, 0) is 28.7 Å². The highest BCUT2D eigenvalue weighted by Crippen LogP contribution is 2.36. The Bertz CT molecular complexity index is 559. The lowest BCUT2D eigenvalue weighted by atomic mass is 9.82. The fourth-order valence-electron chi connectivity index (χ4n) is 3.12. The molecule has 0 fully saturated rings. The molecule has 3 rings (SSSR count). The van der Waals surface area contributed by atoms with Crippen LogP contribution in [0.5, 0.6) is 0 Å². The van der Waals surface area contributed by atoms with Crippen LogP contribution in [0.25, 0.3) is 0 Å². The van der Waals surface area contributed by atoms with Crippen LogP contribution in [-0.2, 0) is 13.0 Å². The number of nitrogens with one attached hydrogen (secondary N) is 1. The van der Waals surface area contributed by atoms with Gasteiger partial charge in [-0.2, -0.15) is 0 Å². The number of benzene rings is 2. The van der Waals surface area contributed by atoms with Crippen LogP contribution in [0.2, 0.25) is 0 Å². The number of rotatable bonds is 2. The molecule has 1 nitrogen and oxygen atoms in total. The van der Waals surface area contributed by atoms with Crippen molar-refractivity contribution in [1.29, 1.82) is 0 Å². The summed E-state index contributed by atoms with van der Waals surface area (Å²) in [6, 6.07) is 18.2. The molecule has 0 spiro atoms. The van der Waals surface area contributed by atoms with Crippen LogP contribution in [0.4, 0.5) is 0 Å². The van der Waals surface area contributed by atoms with Gasteiger partial charge in [0.05, 0.1) is 0 Å². The predicted octanol–water partition coefficient (Wildman–Crippen LogP) is 4.20. The zero-order chi connectivity index (χ0) is 13.2. The first-order valence-electron chi connectivity index (χ1n) is 7.19. The zero-order valence-corrected chi connectivity index (χ0v) is 11.7. The fourth-order valence-corrected chi connectivity index (χ4v) is 3.12. The van der Waals surface area contributed by atoms with E-state index in [0.29, 0.717) is 12.0 Å². The molecule has 0 saturated heterocycles. The number of fused-ring (bicyclic) bond motifs is 1. The van der Waals surface area contributed by atoms with Crippen molar-refractivity contribution in [2.24, 2.45) is 0 Å². The van der Waals surface area contributed by atoms with Crippen molar-refractivity contribution in [1.82, 2.24) is 5.32 Å². The minimum atomic E-state index is 0.432. The molecule has 1 aliphatic rings. The van der Waals surface area contributed by atoms with Crippen molar-refractivity contribution >= 4 is 0 Å². The summed E-state index contributed by atoms with van der Waals surface area (Å²) in [5, 5.41) is 3.69. The summed E-state index contributed by atoms with van der Waals surface area (Å²) in [5.74, 6) is 0.525. The Balaban J connectivity index is 1.94. The zero-order valence-electron chi connectivity index (χ0n) is 11.7. The van der Waals surface area contributed by atoms with E-state index < -0.39 is 0 Å². The molecule has 1 heterocycles. The van der Waals surface area contributed by atoms with E-state index >= 15 is 0 Å². The maximum Gasteiger partial charge on any atom is 0.0389 e. The predicted molar refractivity (Wildman–Crippen MR) is 80.3 cm³/mol. The molecule has 2 unspecified atom stereocenters. The number of hydrogen-bond acceptors (Lipinski definition) is 1. The van der Waals surface area contributed by atoms with Crippen molar-refractivity contribution in [3.63, 3.8) is 0 Å². The quantitative estimate of drug-likeness (QED) is 0.843. The molecule has 0 amide bonds. The third-order valence-electron chi connectivity index (χ3n) is 4.28. The first kappa shape index (κ1) is 12.4. The average molecular weight is 251 g/mol. The molecule has 2 aromatic carbocycles. The molecule has 19 heavy (non-hydrogen) atoms. The van der Waals surface area contributed by atoms with E-state index in [0.717, 1.165) is 13.0 Å². The van der Waals surface area contributed by atoms with Crippen molar-refractivity contribution < 1.29 is 0 Å². The van der Waals surface area contributed by atoms with Gasteiger partial charge in [0, 0.05) is 18.5 Å². The summed E-state index contributed by atoms with van der Waals surface area (Å²) < 4.78 is 0. The van der Waals surface area contributed by atoms with Crippen LogP contribution in [0, 0.1) is 0 Å². The highest BCUT2D eigenvalue weighted by Gasteiger charge is 2.26. The Kier molecular flexibility index (Phi) is 3.39. The maximum absolute atomic E-state index is 3.69. The summed E-state index contributed by atoms with van der Waals surface area (Å²) >= 11 is 0. The number of aryl methyl sites for hydroxylation is 1. The first-order chi connectivity index (χ1) is 9.29. The summed E-state index contributed by atoms with van der Waals surface area (Å²) in [7, 11) is 0. The molecule has 0 aliphatic carbocycles. The van der Waals surface area contributed by atoms with Gasteiger partial charge in [0.2, 0.25) is 0 Å². The summed E-state index contributed by atoms with van der Waals surface area (Å²) in [6.07, 6.45) is 1.11. The third kappa shape index (κ3) is 2.31. The molecule has 0 aromatic heterocycles. The minimum Gasteiger partial charge on any atom is -0.305 e. The van der Waals surface area contributed by atoms with Gasteiger partial charge >= 0.3 is 0 Å². The van der Waals surface area contributed by atoms with E-state index in [-0.39, 0.29) is 0 Å². The molecular weight excluding hydrogens is 230 g/mol. The highest BCUT2D eigenvalue weighted by atomic mass is 14.9. The van der Waals surface area contributed by atoms with Crippen molar-refractivity contribution in [3.05, 3.63) is 70.8 Å². The van der Waals surface area contributed by atoms with Gasteiger partial charge in [-0.3, -0.25) is 0 Å². The monoisotopic (exact) mass is 251 g/mol. The largest absolute Gasteiger partial charge is 0.305 e. The lowest BCUT2D eigenvalue weighted by molar-refractivity contribution is 0.433. The third-order valence-corrected chi connectivity index (χ3v) is 4.28. The molecule has 1 N–H and O–H groups in total. The fraction of sp³-hybridized carbons (Fsp3) is 0.333. The van der Waals surface area contributed by atoms with Gasteiger partial charge in [0.1, 0.15) is 0 Å². The van der Waals surface area contributed by atoms with Gasteiger partial charge in [-0.1, -0.05) is 62.4 Å². The Labute approximate surface area is 115 Å². The second-order valence-corrected chi connectivity index (χ2v) is 5.44. The van der Waals surface area contributed by atoms with Crippen molar-refractivity contribution in [2.45, 2.75) is 38.8 Å². The standard InChI is InChI=1S/C18H21N/c1-3-14-9-10-17-13(2)18(19-12-16(17)11-14)15-7-5-4-6-8-15/h4-11,13,18-19H,3,12H2,1-2H3. The summed E-state index contributed by atoms with van der Waals surface area (Å²) in [4.78, 5) is 0. The Morgan fingerprint density at radius 2 is 1.89 bits per heavy atom. The van der Waals surface area contributed by atoms with E-state index in [1.54, 1.807) is 0 Å². The first-order valence-corrected chi connectivity index (χ1v) is 7.19. The molecule has 0 bridgehead atoms. The summed E-state index contributed by atoms with van der Waals surface area (Å²) in [6.45, 7) is 5.52. The normalized spacial score (nSPS) is 22.0. The summed E-state index contributed by atoms with van der Waals surface area (Å²) in [5.41, 5.74) is 5.80. The van der Waals surface area contributed by atoms with Crippen molar-refractivity contribution in [2.75, 3.05) is 0 Å². The van der Waals surface area contributed by atoms with Crippen LogP contribution in [0.3, 0.4) is 0 Å². The second kappa shape index (κ2) is 5.18. The van der Waals surface area contributed by atoms with Gasteiger partial charge in [0.15, 0.2) is 0 Å². The number of hydrogen-bond donors (Lipinski definition) is 1.